The van der Waals surface area contributed by atoms with E-state index in [1.807, 2.05) is 97.0 Å². The van der Waals surface area contributed by atoms with E-state index in [0.717, 1.165) is 76.2 Å². The number of hydroxylamine groups is 2. The molecular weight excluding hydrogens is 931 g/mol. The fourth-order valence-corrected chi connectivity index (χ4v) is 10.9. The molecule has 2 heterocycles. The fraction of sp³-hybridized carbons (Fsp3) is 0.733. The first-order chi connectivity index (χ1) is 35.0. The molecule has 6 amide bonds. The summed E-state index contributed by atoms with van der Waals surface area (Å²) in [5.41, 5.74) is -0.149. The predicted octanol–water partition coefficient (Wildman–Crippen LogP) is 9.88. The SMILES string of the molecule is C=CC(CC(C)C)NC(=O)CCCCCCCCCCC(=O)N[C@H](/C=C/[C@H](Cc1ccccc1)C(=O)N1CCC[C@H]1C(=O)N[C@H](C(=O)N[C@@H](CCCC)C(=O)NC1CC(C)(C)N(O)C(C)(C)C1)C(C)C)CC(C)C. The molecule has 6 atom stereocenters. The Hall–Kier alpha value is -4.56. The van der Waals surface area contributed by atoms with Crippen LogP contribution in [0, 0.1) is 23.7 Å². The quantitative estimate of drug-likeness (QED) is 0.0296. The van der Waals surface area contributed by atoms with Crippen molar-refractivity contribution in [2.75, 3.05) is 6.54 Å². The predicted molar refractivity (Wildman–Crippen MR) is 298 cm³/mol. The standard InChI is InChI=1S/C60H101N7O7/c1-13-15-30-50(55(70)63-49-40-59(9,10)67(74)60(11,12)41-49)64-57(72)54(44(7)8)65-56(71)51-31-27-36-66(51)58(73)46(39-45-28-23-22-24-29-45)34-35-48(38-43(5)6)62-53(69)33-26-21-19-17-16-18-20-25-32-52(68)61-47(14-2)37-42(3)4/h14,22-24,28-29,34-35,42-44,46-51,54,74H,2,13,15-21,25-27,30-33,36-41H2,1,3-12H3,(H,61,68)(H,62,69)(H,63,70)(H,64,72)(H,65,71)/b35-34+/t46-,47?,48-,50+,51+,54+/m1/s1. The summed E-state index contributed by atoms with van der Waals surface area (Å²) < 4.78 is 0. The lowest BCUT2D eigenvalue weighted by Crippen LogP contribution is -2.64. The van der Waals surface area contributed by atoms with Gasteiger partial charge in [0.1, 0.15) is 18.1 Å². The van der Waals surface area contributed by atoms with Gasteiger partial charge in [0, 0.05) is 48.6 Å². The second-order valence-electron chi connectivity index (χ2n) is 24.0. The van der Waals surface area contributed by atoms with E-state index in [4.69, 9.17) is 0 Å². The first-order valence-corrected chi connectivity index (χ1v) is 28.6. The molecule has 1 aromatic carbocycles. The molecule has 74 heavy (non-hydrogen) atoms. The lowest BCUT2D eigenvalue weighted by molar-refractivity contribution is -0.246. The summed E-state index contributed by atoms with van der Waals surface area (Å²) in [5, 5.41) is 27.7. The van der Waals surface area contributed by atoms with Gasteiger partial charge in [-0.2, -0.15) is 5.06 Å². The molecular formula is C60H101N7O7. The highest BCUT2D eigenvalue weighted by Crippen LogP contribution is 2.37. The van der Waals surface area contributed by atoms with Gasteiger partial charge in [-0.1, -0.05) is 148 Å². The number of hydrogen-bond donors (Lipinski definition) is 6. The second-order valence-corrected chi connectivity index (χ2v) is 24.0. The van der Waals surface area contributed by atoms with E-state index in [0.29, 0.717) is 70.3 Å². The number of unbranched alkanes of at least 4 members (excludes halogenated alkanes) is 8. The maximum atomic E-state index is 14.7. The molecule has 1 unspecified atom stereocenters. The molecule has 6 N–H and O–H groups in total. The van der Waals surface area contributed by atoms with Gasteiger partial charge in [-0.25, -0.2) is 0 Å². The molecule has 1 aromatic rings. The van der Waals surface area contributed by atoms with E-state index in [1.54, 1.807) is 4.90 Å². The molecule has 2 saturated heterocycles. The molecule has 0 bridgehead atoms. The minimum absolute atomic E-state index is 0.00894. The van der Waals surface area contributed by atoms with Crippen LogP contribution in [0.3, 0.4) is 0 Å². The summed E-state index contributed by atoms with van der Waals surface area (Å²) in [6.07, 6.45) is 20.9. The largest absolute Gasteiger partial charge is 0.351 e. The van der Waals surface area contributed by atoms with Crippen molar-refractivity contribution >= 4 is 35.4 Å². The van der Waals surface area contributed by atoms with Crippen LogP contribution in [0.1, 0.15) is 204 Å². The van der Waals surface area contributed by atoms with Crippen molar-refractivity contribution in [1.29, 1.82) is 0 Å². The highest BCUT2D eigenvalue weighted by atomic mass is 16.5. The summed E-state index contributed by atoms with van der Waals surface area (Å²) in [4.78, 5) is 84.3. The Balaban J connectivity index is 1.61. The molecule has 418 valence electrons. The molecule has 3 rings (SSSR count). The number of amides is 6. The zero-order valence-corrected chi connectivity index (χ0v) is 47.7. The average Bonchev–Trinajstić information content (AvgIpc) is 3.82. The topological polar surface area (TPSA) is 189 Å². The third-order valence-electron chi connectivity index (χ3n) is 14.7. The van der Waals surface area contributed by atoms with E-state index in [1.165, 1.54) is 5.06 Å². The number of benzene rings is 1. The average molecular weight is 1030 g/mol. The van der Waals surface area contributed by atoms with Crippen LogP contribution >= 0.6 is 0 Å². The van der Waals surface area contributed by atoms with Gasteiger partial charge >= 0.3 is 0 Å². The van der Waals surface area contributed by atoms with Crippen LogP contribution in [0.25, 0.3) is 0 Å². The third kappa shape index (κ3) is 22.3. The molecule has 0 aromatic heterocycles. The molecule has 0 saturated carbocycles. The molecule has 0 radical (unpaired) electrons. The highest BCUT2D eigenvalue weighted by molar-refractivity contribution is 5.95. The summed E-state index contributed by atoms with van der Waals surface area (Å²) in [6, 6.07) is 6.83. The molecule has 0 spiro atoms. The number of rotatable bonds is 33. The van der Waals surface area contributed by atoms with Gasteiger partial charge in [0.05, 0.1) is 5.92 Å². The fourth-order valence-electron chi connectivity index (χ4n) is 10.9. The molecule has 2 aliphatic heterocycles. The monoisotopic (exact) mass is 1030 g/mol. The van der Waals surface area contributed by atoms with Crippen molar-refractivity contribution in [3.63, 3.8) is 0 Å². The first kappa shape index (κ1) is 63.7. The number of hydrogen-bond acceptors (Lipinski definition) is 8. The van der Waals surface area contributed by atoms with Gasteiger partial charge in [-0.15, -0.1) is 6.58 Å². The van der Waals surface area contributed by atoms with E-state index in [-0.39, 0.29) is 53.6 Å². The lowest BCUT2D eigenvalue weighted by atomic mass is 9.79. The van der Waals surface area contributed by atoms with Gasteiger partial charge < -0.3 is 36.7 Å². The summed E-state index contributed by atoms with van der Waals surface area (Å²) in [5.74, 6) is -1.34. The number of carbonyl (C=O) groups is 6. The zero-order chi connectivity index (χ0) is 55.0. The van der Waals surface area contributed by atoms with Crippen LogP contribution in [0.4, 0.5) is 0 Å². The van der Waals surface area contributed by atoms with Crippen molar-refractivity contribution in [3.05, 3.63) is 60.7 Å². The van der Waals surface area contributed by atoms with Crippen LogP contribution in [0.5, 0.6) is 0 Å². The van der Waals surface area contributed by atoms with Crippen molar-refractivity contribution in [2.24, 2.45) is 23.7 Å². The van der Waals surface area contributed by atoms with Gasteiger partial charge in [0.25, 0.3) is 0 Å². The number of likely N-dealkylation sites (tertiary alicyclic amines) is 1. The number of piperidine rings is 1. The van der Waals surface area contributed by atoms with Gasteiger partial charge in [-0.05, 0) is 115 Å². The van der Waals surface area contributed by atoms with Gasteiger partial charge in [-0.3, -0.25) is 28.8 Å². The maximum absolute atomic E-state index is 14.7. The summed E-state index contributed by atoms with van der Waals surface area (Å²) >= 11 is 0. The molecule has 2 fully saturated rings. The van der Waals surface area contributed by atoms with Crippen molar-refractivity contribution in [3.8, 4) is 0 Å². The normalized spacial score (nSPS) is 19.0. The minimum atomic E-state index is -0.944. The minimum Gasteiger partial charge on any atom is -0.351 e. The van der Waals surface area contributed by atoms with Crippen LogP contribution in [0.2, 0.25) is 0 Å². The lowest BCUT2D eigenvalue weighted by Gasteiger charge is -2.51. The van der Waals surface area contributed by atoms with E-state index in [2.05, 4.69) is 60.9 Å². The molecule has 14 heteroatoms. The zero-order valence-electron chi connectivity index (χ0n) is 47.7. The summed E-state index contributed by atoms with van der Waals surface area (Å²) in [6.45, 7) is 26.3. The second kappa shape index (κ2) is 32.1. The molecule has 2 aliphatic rings. The third-order valence-corrected chi connectivity index (χ3v) is 14.7. The van der Waals surface area contributed by atoms with Crippen LogP contribution in [-0.2, 0) is 35.2 Å². The highest BCUT2D eigenvalue weighted by Gasteiger charge is 2.46. The Morgan fingerprint density at radius 3 is 1.78 bits per heavy atom. The maximum Gasteiger partial charge on any atom is 0.243 e. The Kier molecular flexibility index (Phi) is 27.7. The smallest absolute Gasteiger partial charge is 0.243 e. The number of nitrogens with zero attached hydrogens (tertiary/aromatic N) is 2. The Labute approximate surface area is 447 Å². The Morgan fingerprint density at radius 1 is 0.716 bits per heavy atom. The molecule has 14 nitrogen and oxygen atoms in total. The van der Waals surface area contributed by atoms with E-state index >= 15 is 0 Å². The number of carbonyl (C=O) groups excluding carboxylic acids is 6. The van der Waals surface area contributed by atoms with Crippen molar-refractivity contribution < 1.29 is 34.0 Å². The van der Waals surface area contributed by atoms with Crippen molar-refractivity contribution in [2.45, 2.75) is 252 Å². The van der Waals surface area contributed by atoms with Crippen LogP contribution in [0.15, 0.2) is 55.1 Å². The van der Waals surface area contributed by atoms with Gasteiger partial charge in [0.2, 0.25) is 35.4 Å². The van der Waals surface area contributed by atoms with Crippen LogP contribution in [-0.4, -0.2) is 104 Å². The molecule has 0 aliphatic carbocycles. The Bertz CT molecular complexity index is 1920. The van der Waals surface area contributed by atoms with Crippen molar-refractivity contribution in [1.82, 2.24) is 36.5 Å². The summed E-state index contributed by atoms with van der Waals surface area (Å²) in [7, 11) is 0. The van der Waals surface area contributed by atoms with E-state index < -0.39 is 46.9 Å². The Morgan fingerprint density at radius 2 is 1.26 bits per heavy atom. The van der Waals surface area contributed by atoms with E-state index in [9.17, 15) is 34.0 Å². The van der Waals surface area contributed by atoms with Gasteiger partial charge in [0.15, 0.2) is 0 Å². The first-order valence-electron chi connectivity index (χ1n) is 28.6. The van der Waals surface area contributed by atoms with Crippen LogP contribution < -0.4 is 26.6 Å². The number of nitrogens with one attached hydrogen (secondary N) is 5.